The van der Waals surface area contributed by atoms with Crippen molar-refractivity contribution in [2.45, 2.75) is 72.0 Å². The van der Waals surface area contributed by atoms with E-state index in [2.05, 4.69) is 13.5 Å². The predicted molar refractivity (Wildman–Crippen MR) is 112 cm³/mol. The minimum Gasteiger partial charge on any atom is -0.450 e. The Kier molecular flexibility index (Phi) is 5.81. The van der Waals surface area contributed by atoms with Crippen LogP contribution in [0.3, 0.4) is 0 Å². The van der Waals surface area contributed by atoms with E-state index in [9.17, 15) is 14.4 Å². The van der Waals surface area contributed by atoms with Crippen molar-refractivity contribution in [3.8, 4) is 11.5 Å². The van der Waals surface area contributed by atoms with Gasteiger partial charge in [0.1, 0.15) is 0 Å². The molecular formula is C24H30O6. The van der Waals surface area contributed by atoms with Gasteiger partial charge in [0.25, 0.3) is 6.29 Å². The number of hydrogen-bond acceptors (Lipinski definition) is 6. The Labute approximate surface area is 177 Å². The first-order chi connectivity index (χ1) is 14.0. The molecule has 0 amide bonds. The molecule has 0 N–H and O–H groups in total. The molecule has 1 saturated carbocycles. The molecule has 30 heavy (non-hydrogen) atoms. The molecule has 6 nitrogen and oxygen atoms in total. The Balaban J connectivity index is 2.35. The number of hydrogen-bond donors (Lipinski definition) is 0. The van der Waals surface area contributed by atoms with Gasteiger partial charge in [-0.3, -0.25) is 14.4 Å². The largest absolute Gasteiger partial charge is 0.450 e. The molecule has 162 valence electrons. The fraction of sp³-hybridized carbons (Fsp3) is 0.542. The quantitative estimate of drug-likeness (QED) is 0.308. The molecule has 1 aromatic carbocycles. The second kappa shape index (κ2) is 7.89. The van der Waals surface area contributed by atoms with Crippen molar-refractivity contribution in [1.82, 2.24) is 0 Å². The molecule has 0 bridgehead atoms. The maximum Gasteiger partial charge on any atom is 0.308 e. The lowest BCUT2D eigenvalue weighted by atomic mass is 9.57. The highest BCUT2D eigenvalue weighted by Gasteiger charge is 2.55. The lowest BCUT2D eigenvalue weighted by Gasteiger charge is -2.52. The Morgan fingerprint density at radius 1 is 1.30 bits per heavy atom. The number of carbonyl (C=O) groups is 3. The Hall–Kier alpha value is -2.63. The molecule has 0 unspecified atom stereocenters. The van der Waals surface area contributed by atoms with Crippen molar-refractivity contribution in [2.75, 3.05) is 0 Å². The molecule has 0 saturated heterocycles. The number of aldehydes is 1. The molecule has 4 atom stereocenters. The molecular weight excluding hydrogens is 384 g/mol. The van der Waals surface area contributed by atoms with Crippen molar-refractivity contribution >= 4 is 18.2 Å². The third-order valence-corrected chi connectivity index (χ3v) is 6.46. The fourth-order valence-corrected chi connectivity index (χ4v) is 4.92. The van der Waals surface area contributed by atoms with Crippen LogP contribution in [0.4, 0.5) is 0 Å². The van der Waals surface area contributed by atoms with Gasteiger partial charge in [-0.05, 0) is 30.7 Å². The molecule has 0 aromatic heterocycles. The summed E-state index contributed by atoms with van der Waals surface area (Å²) < 4.78 is 17.4. The van der Waals surface area contributed by atoms with E-state index in [-0.39, 0.29) is 17.8 Å². The van der Waals surface area contributed by atoms with E-state index in [1.165, 1.54) is 13.8 Å². The number of rotatable bonds is 4. The van der Waals surface area contributed by atoms with Crippen LogP contribution in [0.15, 0.2) is 18.2 Å². The van der Waals surface area contributed by atoms with Gasteiger partial charge in [0.15, 0.2) is 17.8 Å². The average molecular weight is 414 g/mol. The topological polar surface area (TPSA) is 78.9 Å². The zero-order chi connectivity index (χ0) is 22.4. The summed E-state index contributed by atoms with van der Waals surface area (Å²) in [4.78, 5) is 35.9. The third kappa shape index (κ3) is 3.53. The molecule has 3 rings (SSSR count). The summed E-state index contributed by atoms with van der Waals surface area (Å²) in [6.45, 7) is 15.0. The standard InChI is InChI=1S/C24H30O6/c1-12(2)18-10-17(11-25)20-22(21(18)28-15(5)26)30-23(29-16(6)27)19-14(4)13(3)8-9-24(19,20)7/h10-13,19,23H,4,8-9H2,1-3,5-7H3/t13-,19+,23-,24-/m0/s1. The maximum absolute atomic E-state index is 12.1. The van der Waals surface area contributed by atoms with Crippen LogP contribution in [0, 0.1) is 11.8 Å². The second-order valence-corrected chi connectivity index (χ2v) is 8.96. The minimum atomic E-state index is -0.911. The molecule has 0 spiro atoms. The lowest BCUT2D eigenvalue weighted by Crippen LogP contribution is -2.52. The van der Waals surface area contributed by atoms with E-state index in [4.69, 9.17) is 14.2 Å². The van der Waals surface area contributed by atoms with Crippen molar-refractivity contribution < 1.29 is 28.6 Å². The highest BCUT2D eigenvalue weighted by Crippen LogP contribution is 2.59. The van der Waals surface area contributed by atoms with E-state index in [0.717, 1.165) is 24.7 Å². The maximum atomic E-state index is 12.1. The van der Waals surface area contributed by atoms with Gasteiger partial charge in [-0.2, -0.15) is 0 Å². The minimum absolute atomic E-state index is 0.0222. The van der Waals surface area contributed by atoms with E-state index >= 15 is 0 Å². The van der Waals surface area contributed by atoms with Gasteiger partial charge in [0.2, 0.25) is 0 Å². The first-order valence-corrected chi connectivity index (χ1v) is 10.4. The fourth-order valence-electron chi connectivity index (χ4n) is 4.92. The van der Waals surface area contributed by atoms with E-state index in [1.807, 2.05) is 20.8 Å². The first-order valence-electron chi connectivity index (χ1n) is 10.4. The Bertz CT molecular complexity index is 915. The molecule has 0 radical (unpaired) electrons. The van der Waals surface area contributed by atoms with E-state index in [1.54, 1.807) is 6.07 Å². The highest BCUT2D eigenvalue weighted by atomic mass is 16.7. The predicted octanol–water partition coefficient (Wildman–Crippen LogP) is 4.69. The Morgan fingerprint density at radius 3 is 2.50 bits per heavy atom. The molecule has 1 aliphatic carbocycles. The monoisotopic (exact) mass is 414 g/mol. The highest BCUT2D eigenvalue weighted by molar-refractivity contribution is 5.84. The lowest BCUT2D eigenvalue weighted by molar-refractivity contribution is -0.176. The van der Waals surface area contributed by atoms with Crippen LogP contribution in [0.5, 0.6) is 11.5 Å². The van der Waals surface area contributed by atoms with Gasteiger partial charge in [-0.25, -0.2) is 0 Å². The molecule has 1 aliphatic heterocycles. The SMILES string of the molecule is C=C1[C@@H]2[C@@H](OC(C)=O)Oc3c(OC(C)=O)c(C(C)C)cc(C=O)c3[C@@]2(C)CC[C@@H]1C. The smallest absolute Gasteiger partial charge is 0.308 e. The summed E-state index contributed by atoms with van der Waals surface area (Å²) in [6, 6.07) is 1.79. The molecule has 1 fully saturated rings. The number of esters is 2. The number of fused-ring (bicyclic) bond motifs is 3. The molecule has 6 heteroatoms. The number of ether oxygens (including phenoxy) is 3. The van der Waals surface area contributed by atoms with Gasteiger partial charge in [-0.1, -0.05) is 39.8 Å². The van der Waals surface area contributed by atoms with Gasteiger partial charge in [0, 0.05) is 36.0 Å². The zero-order valence-corrected chi connectivity index (χ0v) is 18.5. The molecule has 2 aliphatic rings. The van der Waals surface area contributed by atoms with Crippen LogP contribution in [0.2, 0.25) is 0 Å². The van der Waals surface area contributed by atoms with Crippen molar-refractivity contribution in [3.63, 3.8) is 0 Å². The second-order valence-electron chi connectivity index (χ2n) is 8.96. The summed E-state index contributed by atoms with van der Waals surface area (Å²) in [5, 5.41) is 0. The van der Waals surface area contributed by atoms with Crippen LogP contribution in [0.1, 0.15) is 81.8 Å². The van der Waals surface area contributed by atoms with E-state index < -0.39 is 23.6 Å². The molecule has 1 aromatic rings. The normalized spacial score (nSPS) is 27.6. The van der Waals surface area contributed by atoms with Gasteiger partial charge in [0.05, 0.1) is 5.92 Å². The average Bonchev–Trinajstić information content (AvgIpc) is 2.64. The summed E-state index contributed by atoms with van der Waals surface area (Å²) in [5.74, 6) is -0.461. The van der Waals surface area contributed by atoms with Crippen molar-refractivity contribution in [3.05, 3.63) is 34.9 Å². The van der Waals surface area contributed by atoms with Crippen LogP contribution >= 0.6 is 0 Å². The number of carbonyl (C=O) groups excluding carboxylic acids is 3. The third-order valence-electron chi connectivity index (χ3n) is 6.46. The van der Waals surface area contributed by atoms with Crippen molar-refractivity contribution in [2.24, 2.45) is 11.8 Å². The van der Waals surface area contributed by atoms with Gasteiger partial charge >= 0.3 is 11.9 Å². The Morgan fingerprint density at radius 2 is 1.97 bits per heavy atom. The van der Waals surface area contributed by atoms with Crippen LogP contribution in [0.25, 0.3) is 0 Å². The van der Waals surface area contributed by atoms with E-state index in [0.29, 0.717) is 28.2 Å². The van der Waals surface area contributed by atoms with Crippen LogP contribution in [-0.4, -0.2) is 24.5 Å². The summed E-state index contributed by atoms with van der Waals surface area (Å²) in [7, 11) is 0. The summed E-state index contributed by atoms with van der Waals surface area (Å²) in [6.07, 6.45) is 1.55. The summed E-state index contributed by atoms with van der Waals surface area (Å²) in [5.41, 5.74) is 2.26. The number of benzene rings is 1. The van der Waals surface area contributed by atoms with Crippen LogP contribution < -0.4 is 9.47 Å². The van der Waals surface area contributed by atoms with Gasteiger partial charge in [-0.15, -0.1) is 0 Å². The van der Waals surface area contributed by atoms with Gasteiger partial charge < -0.3 is 14.2 Å². The first kappa shape index (κ1) is 22.1. The van der Waals surface area contributed by atoms with Crippen molar-refractivity contribution in [1.29, 1.82) is 0 Å². The van der Waals surface area contributed by atoms with Crippen LogP contribution in [-0.2, 0) is 19.7 Å². The summed E-state index contributed by atoms with van der Waals surface area (Å²) >= 11 is 0. The zero-order valence-electron chi connectivity index (χ0n) is 18.5. The molecule has 1 heterocycles.